The fourth-order valence-corrected chi connectivity index (χ4v) is 3.07. The van der Waals surface area contributed by atoms with Gasteiger partial charge in [-0.05, 0) is 26.3 Å². The Morgan fingerprint density at radius 1 is 1.40 bits per heavy atom. The summed E-state index contributed by atoms with van der Waals surface area (Å²) < 4.78 is 7.35. The Morgan fingerprint density at radius 2 is 2.20 bits per heavy atom. The molecule has 0 radical (unpaired) electrons. The van der Waals surface area contributed by atoms with Crippen molar-refractivity contribution in [3.05, 3.63) is 29.2 Å². The molecule has 136 valence electrons. The van der Waals surface area contributed by atoms with Gasteiger partial charge < -0.3 is 9.84 Å². The molecule has 1 amide bonds. The van der Waals surface area contributed by atoms with Crippen LogP contribution < -0.4 is 5.32 Å². The quantitative estimate of drug-likeness (QED) is 0.727. The summed E-state index contributed by atoms with van der Waals surface area (Å²) in [6, 6.07) is 2.50. The highest BCUT2D eigenvalue weighted by atomic mass is 16.5. The maximum absolute atomic E-state index is 11.8. The molecule has 3 heterocycles. The number of hydrogen-bond acceptors (Lipinski definition) is 6. The average Bonchev–Trinajstić information content (AvgIpc) is 3.09. The summed E-state index contributed by atoms with van der Waals surface area (Å²) in [5.74, 6) is 0.942. The molecular formula is C17H26N6O2. The van der Waals surface area contributed by atoms with Gasteiger partial charge in [0.25, 0.3) is 0 Å². The van der Waals surface area contributed by atoms with Gasteiger partial charge in [-0.15, -0.1) is 0 Å². The Bertz CT molecular complexity index is 717. The summed E-state index contributed by atoms with van der Waals surface area (Å²) in [4.78, 5) is 18.3. The summed E-state index contributed by atoms with van der Waals surface area (Å²) >= 11 is 0. The minimum absolute atomic E-state index is 0.0608. The van der Waals surface area contributed by atoms with Crippen molar-refractivity contribution in [2.45, 2.75) is 52.6 Å². The molecule has 0 unspecified atom stereocenters. The topological polar surface area (TPSA) is 89.1 Å². The predicted molar refractivity (Wildman–Crippen MR) is 91.9 cm³/mol. The third-order valence-corrected chi connectivity index (χ3v) is 4.37. The van der Waals surface area contributed by atoms with E-state index in [-0.39, 0.29) is 12.3 Å². The number of rotatable bonds is 8. The van der Waals surface area contributed by atoms with Gasteiger partial charge in [-0.2, -0.15) is 10.1 Å². The minimum atomic E-state index is -0.0608. The molecule has 25 heavy (non-hydrogen) atoms. The normalized spacial score (nSPS) is 15.3. The summed E-state index contributed by atoms with van der Waals surface area (Å²) in [6.45, 7) is 9.32. The summed E-state index contributed by atoms with van der Waals surface area (Å²) in [7, 11) is 0. The molecule has 0 aromatic carbocycles. The molecule has 0 spiro atoms. The predicted octanol–water partition coefficient (Wildman–Crippen LogP) is 1.40. The molecule has 1 fully saturated rings. The van der Waals surface area contributed by atoms with Crippen molar-refractivity contribution in [3.8, 4) is 0 Å². The second kappa shape index (κ2) is 7.77. The van der Waals surface area contributed by atoms with Crippen LogP contribution in [0, 0.1) is 13.8 Å². The number of aryl methyl sites for hydroxylation is 2. The molecule has 8 nitrogen and oxygen atoms in total. The Balaban J connectivity index is 1.44. The van der Waals surface area contributed by atoms with Crippen molar-refractivity contribution in [2.75, 3.05) is 19.6 Å². The summed E-state index contributed by atoms with van der Waals surface area (Å²) in [5, 5.41) is 11.3. The van der Waals surface area contributed by atoms with Crippen LogP contribution in [-0.4, -0.2) is 50.4 Å². The number of hydrogen-bond donors (Lipinski definition) is 1. The smallest absolute Gasteiger partial charge is 0.240 e. The molecule has 1 saturated heterocycles. The van der Waals surface area contributed by atoms with Crippen molar-refractivity contribution >= 4 is 5.91 Å². The number of nitrogens with zero attached hydrogens (tertiary/aromatic N) is 5. The zero-order valence-electron chi connectivity index (χ0n) is 15.2. The van der Waals surface area contributed by atoms with E-state index in [0.29, 0.717) is 30.8 Å². The molecule has 1 N–H and O–H groups in total. The Kier molecular flexibility index (Phi) is 5.47. The van der Waals surface area contributed by atoms with Gasteiger partial charge in [-0.25, -0.2) is 0 Å². The largest absolute Gasteiger partial charge is 0.356 e. The fraction of sp³-hybridized carbons (Fsp3) is 0.647. The number of unbranched alkanes of at least 4 members (excludes halogenated alkanes) is 1. The highest BCUT2D eigenvalue weighted by Crippen LogP contribution is 2.24. The van der Waals surface area contributed by atoms with E-state index in [9.17, 15) is 4.79 Å². The van der Waals surface area contributed by atoms with E-state index in [2.05, 4.69) is 50.1 Å². The van der Waals surface area contributed by atoms with E-state index in [1.807, 2.05) is 6.92 Å². The molecule has 0 atom stereocenters. The van der Waals surface area contributed by atoms with Crippen LogP contribution >= 0.6 is 0 Å². The molecular weight excluding hydrogens is 320 g/mol. The molecule has 8 heteroatoms. The highest BCUT2D eigenvalue weighted by Gasteiger charge is 2.31. The molecule has 1 aliphatic heterocycles. The number of amides is 1. The summed E-state index contributed by atoms with van der Waals surface area (Å²) in [5.41, 5.74) is 2.24. The number of carbonyl (C=O) groups excluding carboxylic acids is 1. The van der Waals surface area contributed by atoms with Crippen LogP contribution in [0.2, 0.25) is 0 Å². The first-order chi connectivity index (χ1) is 12.0. The van der Waals surface area contributed by atoms with Crippen LogP contribution in [0.15, 0.2) is 10.6 Å². The number of aromatic nitrogens is 4. The Hall–Kier alpha value is -2.22. The van der Waals surface area contributed by atoms with Gasteiger partial charge in [0.2, 0.25) is 11.8 Å². The second-order valence-electron chi connectivity index (χ2n) is 6.70. The second-order valence-corrected chi connectivity index (χ2v) is 6.70. The first-order valence-corrected chi connectivity index (χ1v) is 8.88. The lowest BCUT2D eigenvalue weighted by atomic mass is 10.1. The van der Waals surface area contributed by atoms with E-state index < -0.39 is 0 Å². The van der Waals surface area contributed by atoms with Gasteiger partial charge in [0, 0.05) is 25.3 Å². The number of carbonyl (C=O) groups is 1. The van der Waals surface area contributed by atoms with Crippen molar-refractivity contribution in [1.82, 2.24) is 30.1 Å². The third-order valence-electron chi connectivity index (χ3n) is 4.37. The molecule has 3 rings (SSSR count). The Morgan fingerprint density at radius 3 is 2.88 bits per heavy atom. The monoisotopic (exact) mass is 346 g/mol. The van der Waals surface area contributed by atoms with E-state index in [1.54, 1.807) is 0 Å². The van der Waals surface area contributed by atoms with Gasteiger partial charge in [0.05, 0.1) is 24.7 Å². The van der Waals surface area contributed by atoms with Gasteiger partial charge in [0.1, 0.15) is 0 Å². The number of nitrogens with one attached hydrogen (secondary N) is 1. The molecule has 2 aromatic rings. The lowest BCUT2D eigenvalue weighted by Crippen LogP contribution is -2.47. The zero-order valence-corrected chi connectivity index (χ0v) is 15.2. The van der Waals surface area contributed by atoms with Crippen molar-refractivity contribution in [2.24, 2.45) is 0 Å². The van der Waals surface area contributed by atoms with Crippen LogP contribution in [-0.2, 0) is 17.8 Å². The van der Waals surface area contributed by atoms with Crippen LogP contribution in [0.4, 0.5) is 0 Å². The maximum atomic E-state index is 11.8. The van der Waals surface area contributed by atoms with Gasteiger partial charge >= 0.3 is 0 Å². The van der Waals surface area contributed by atoms with E-state index >= 15 is 0 Å². The van der Waals surface area contributed by atoms with Crippen molar-refractivity contribution in [3.63, 3.8) is 0 Å². The van der Waals surface area contributed by atoms with Crippen molar-refractivity contribution < 1.29 is 9.32 Å². The zero-order chi connectivity index (χ0) is 17.8. The van der Waals surface area contributed by atoms with Crippen LogP contribution in [0.1, 0.15) is 48.9 Å². The fourth-order valence-electron chi connectivity index (χ4n) is 3.07. The number of likely N-dealkylation sites (tertiary alicyclic amines) is 1. The summed E-state index contributed by atoms with van der Waals surface area (Å²) in [6.07, 6.45) is 2.21. The molecule has 0 saturated carbocycles. The highest BCUT2D eigenvalue weighted by molar-refractivity contribution is 5.77. The first kappa shape index (κ1) is 17.6. The minimum Gasteiger partial charge on any atom is -0.356 e. The van der Waals surface area contributed by atoms with Crippen LogP contribution in [0.5, 0.6) is 0 Å². The maximum Gasteiger partial charge on any atom is 0.240 e. The van der Waals surface area contributed by atoms with Crippen LogP contribution in [0.3, 0.4) is 0 Å². The van der Waals surface area contributed by atoms with Gasteiger partial charge in [-0.3, -0.25) is 14.4 Å². The molecule has 0 aliphatic carbocycles. The van der Waals surface area contributed by atoms with Crippen LogP contribution in [0.25, 0.3) is 0 Å². The van der Waals surface area contributed by atoms with Gasteiger partial charge in [0.15, 0.2) is 5.82 Å². The standard InChI is InChI=1S/C17H26N6O2/c1-4-5-6-18-16(24)8-15-19-17(25-21-15)11-22-9-14(10-22)23-13(3)7-12(2)20-23/h7,14H,4-6,8-11H2,1-3H3,(H,18,24). The lowest BCUT2D eigenvalue weighted by Gasteiger charge is -2.38. The third kappa shape index (κ3) is 4.45. The molecule has 0 bridgehead atoms. The Labute approximate surface area is 147 Å². The molecule has 2 aromatic heterocycles. The van der Waals surface area contributed by atoms with E-state index in [1.165, 1.54) is 5.69 Å². The van der Waals surface area contributed by atoms with E-state index in [4.69, 9.17) is 4.52 Å². The van der Waals surface area contributed by atoms with E-state index in [0.717, 1.165) is 31.6 Å². The average molecular weight is 346 g/mol. The first-order valence-electron chi connectivity index (χ1n) is 8.88. The van der Waals surface area contributed by atoms with Crippen molar-refractivity contribution in [1.29, 1.82) is 0 Å². The SMILES string of the molecule is CCCCNC(=O)Cc1noc(CN2CC(n3nc(C)cc3C)C2)n1. The van der Waals surface area contributed by atoms with Gasteiger partial charge in [-0.1, -0.05) is 18.5 Å². The lowest BCUT2D eigenvalue weighted by molar-refractivity contribution is -0.120. The molecule has 1 aliphatic rings.